The van der Waals surface area contributed by atoms with Crippen LogP contribution in [0.2, 0.25) is 0 Å². The number of rotatable bonds is 4. The number of anilines is 3. The van der Waals surface area contributed by atoms with Gasteiger partial charge in [0.05, 0.1) is 0 Å². The van der Waals surface area contributed by atoms with Crippen LogP contribution in [-0.4, -0.2) is 0 Å². The highest BCUT2D eigenvalue weighted by Gasteiger charge is 2.38. The lowest BCUT2D eigenvalue weighted by molar-refractivity contribution is 0.660. The zero-order valence-electron chi connectivity index (χ0n) is 27.4. The SMILES string of the molecule is CC1(C)c2ccccc2-c2ccc(N(c3ccc(-c4cccc5c4C(C)(C)c4ccccc4-5)cc3)c3ccc4ccccc4c3)cc21. The zero-order valence-corrected chi connectivity index (χ0v) is 27.4. The fourth-order valence-electron chi connectivity index (χ4n) is 8.47. The Bertz CT molecular complexity index is 2360. The van der Waals surface area contributed by atoms with Gasteiger partial charge in [-0.1, -0.05) is 143 Å². The second kappa shape index (κ2) is 10.0. The minimum atomic E-state index is -0.0705. The normalized spacial score (nSPS) is 14.7. The second-order valence-electron chi connectivity index (χ2n) is 14.2. The average Bonchev–Trinajstić information content (AvgIpc) is 3.48. The Morgan fingerprint density at radius 2 is 0.894 bits per heavy atom. The van der Waals surface area contributed by atoms with E-state index in [1.165, 1.54) is 72.1 Å². The Balaban J connectivity index is 1.18. The summed E-state index contributed by atoms with van der Waals surface area (Å²) in [6.07, 6.45) is 0. The molecule has 1 nitrogen and oxygen atoms in total. The highest BCUT2D eigenvalue weighted by atomic mass is 15.1. The number of benzene rings is 7. The van der Waals surface area contributed by atoms with Crippen molar-refractivity contribution in [3.8, 4) is 33.4 Å². The summed E-state index contributed by atoms with van der Waals surface area (Å²) in [5.41, 5.74) is 16.9. The molecule has 0 fully saturated rings. The smallest absolute Gasteiger partial charge is 0.0468 e. The third-order valence-corrected chi connectivity index (χ3v) is 10.8. The predicted molar refractivity (Wildman–Crippen MR) is 199 cm³/mol. The lowest BCUT2D eigenvalue weighted by Crippen LogP contribution is -2.16. The van der Waals surface area contributed by atoms with Gasteiger partial charge in [-0.3, -0.25) is 0 Å². The van der Waals surface area contributed by atoms with Crippen molar-refractivity contribution in [2.45, 2.75) is 38.5 Å². The van der Waals surface area contributed by atoms with Crippen molar-refractivity contribution in [2.24, 2.45) is 0 Å². The van der Waals surface area contributed by atoms with E-state index in [0.717, 1.165) is 11.4 Å². The molecule has 7 aromatic rings. The van der Waals surface area contributed by atoms with Gasteiger partial charge in [-0.2, -0.15) is 0 Å². The maximum atomic E-state index is 2.42. The molecule has 0 saturated carbocycles. The lowest BCUT2D eigenvalue weighted by Gasteiger charge is -2.29. The summed E-state index contributed by atoms with van der Waals surface area (Å²) in [6.45, 7) is 9.44. The molecule has 0 amide bonds. The fraction of sp³-hybridized carbons (Fsp3) is 0.130. The Morgan fingerprint density at radius 1 is 0.362 bits per heavy atom. The first kappa shape index (κ1) is 27.9. The van der Waals surface area contributed by atoms with Crippen molar-refractivity contribution in [1.82, 2.24) is 0 Å². The van der Waals surface area contributed by atoms with Crippen LogP contribution in [0.15, 0.2) is 152 Å². The molecule has 0 radical (unpaired) electrons. The largest absolute Gasteiger partial charge is 0.310 e. The lowest BCUT2D eigenvalue weighted by atomic mass is 9.79. The number of nitrogens with zero attached hydrogens (tertiary/aromatic N) is 1. The van der Waals surface area contributed by atoms with Crippen LogP contribution in [0.1, 0.15) is 49.9 Å². The van der Waals surface area contributed by atoms with Gasteiger partial charge in [-0.15, -0.1) is 0 Å². The van der Waals surface area contributed by atoms with Gasteiger partial charge in [0.15, 0.2) is 0 Å². The van der Waals surface area contributed by atoms with Gasteiger partial charge < -0.3 is 4.90 Å². The van der Waals surface area contributed by atoms with Crippen LogP contribution in [0.25, 0.3) is 44.2 Å². The van der Waals surface area contributed by atoms with Crippen LogP contribution in [0, 0.1) is 0 Å². The van der Waals surface area contributed by atoms with Crippen LogP contribution < -0.4 is 4.90 Å². The van der Waals surface area contributed by atoms with Gasteiger partial charge in [0.25, 0.3) is 0 Å². The molecule has 0 unspecified atom stereocenters. The van der Waals surface area contributed by atoms with Gasteiger partial charge in [-0.05, 0) is 103 Å². The standard InChI is InChI=1S/C46H37N/c1-45(2)41-18-9-7-14-37(41)39-27-26-35(29-43(39)45)47(34-25-20-30-12-5-6-13-32(30)28-34)33-23-21-31(22-24-33)36-16-11-17-40-38-15-8-10-19-42(38)46(3,4)44(36)40/h5-29H,1-4H3. The molecule has 226 valence electrons. The first-order chi connectivity index (χ1) is 22.8. The Kier molecular flexibility index (Phi) is 5.96. The molecule has 9 rings (SSSR count). The van der Waals surface area contributed by atoms with Crippen molar-refractivity contribution in [2.75, 3.05) is 4.90 Å². The van der Waals surface area contributed by atoms with Crippen LogP contribution in [0.3, 0.4) is 0 Å². The molecule has 0 heterocycles. The Hall–Kier alpha value is -5.40. The third-order valence-electron chi connectivity index (χ3n) is 10.8. The van der Waals surface area contributed by atoms with Crippen LogP contribution >= 0.6 is 0 Å². The van der Waals surface area contributed by atoms with E-state index in [0.29, 0.717) is 0 Å². The maximum Gasteiger partial charge on any atom is 0.0468 e. The molecule has 2 aliphatic rings. The van der Waals surface area contributed by atoms with Crippen molar-refractivity contribution < 1.29 is 0 Å². The van der Waals surface area contributed by atoms with E-state index in [2.05, 4.69) is 184 Å². The molecule has 0 aromatic heterocycles. The Labute approximate surface area is 277 Å². The first-order valence-electron chi connectivity index (χ1n) is 16.7. The molecule has 47 heavy (non-hydrogen) atoms. The predicted octanol–water partition coefficient (Wildman–Crippen LogP) is 12.6. The van der Waals surface area contributed by atoms with E-state index >= 15 is 0 Å². The molecule has 2 aliphatic carbocycles. The summed E-state index contributed by atoms with van der Waals surface area (Å²) < 4.78 is 0. The van der Waals surface area contributed by atoms with E-state index in [4.69, 9.17) is 0 Å². The Morgan fingerprint density at radius 3 is 1.66 bits per heavy atom. The molecule has 0 aliphatic heterocycles. The van der Waals surface area contributed by atoms with Crippen molar-refractivity contribution in [3.05, 3.63) is 174 Å². The van der Waals surface area contributed by atoms with Crippen molar-refractivity contribution in [1.29, 1.82) is 0 Å². The molecule has 0 N–H and O–H groups in total. The zero-order chi connectivity index (χ0) is 31.9. The summed E-state index contributed by atoms with van der Waals surface area (Å²) in [6, 6.07) is 56.3. The molecule has 0 saturated heterocycles. The molecule has 1 heteroatoms. The summed E-state index contributed by atoms with van der Waals surface area (Å²) in [5, 5.41) is 2.49. The highest BCUT2D eigenvalue weighted by Crippen LogP contribution is 2.53. The topological polar surface area (TPSA) is 3.24 Å². The van der Waals surface area contributed by atoms with Gasteiger partial charge in [0, 0.05) is 27.9 Å². The van der Waals surface area contributed by atoms with Crippen molar-refractivity contribution in [3.63, 3.8) is 0 Å². The van der Waals surface area contributed by atoms with E-state index < -0.39 is 0 Å². The molecule has 0 atom stereocenters. The van der Waals surface area contributed by atoms with Crippen LogP contribution in [0.4, 0.5) is 17.1 Å². The summed E-state index contributed by atoms with van der Waals surface area (Å²) in [5.74, 6) is 0. The molecular formula is C46H37N. The quantitative estimate of drug-likeness (QED) is 0.193. The van der Waals surface area contributed by atoms with Crippen LogP contribution in [-0.2, 0) is 10.8 Å². The first-order valence-corrected chi connectivity index (χ1v) is 16.7. The van der Waals surface area contributed by atoms with Gasteiger partial charge in [0.1, 0.15) is 0 Å². The number of hydrogen-bond acceptors (Lipinski definition) is 1. The second-order valence-corrected chi connectivity index (χ2v) is 14.2. The minimum Gasteiger partial charge on any atom is -0.310 e. The monoisotopic (exact) mass is 603 g/mol. The summed E-state index contributed by atoms with van der Waals surface area (Å²) in [4.78, 5) is 2.42. The number of fused-ring (bicyclic) bond motifs is 7. The average molecular weight is 604 g/mol. The van der Waals surface area contributed by atoms with E-state index in [1.807, 2.05) is 0 Å². The molecule has 0 spiro atoms. The summed E-state index contributed by atoms with van der Waals surface area (Å²) >= 11 is 0. The highest BCUT2D eigenvalue weighted by molar-refractivity contribution is 5.92. The van der Waals surface area contributed by atoms with E-state index in [-0.39, 0.29) is 10.8 Å². The van der Waals surface area contributed by atoms with E-state index in [9.17, 15) is 0 Å². The van der Waals surface area contributed by atoms with Gasteiger partial charge in [0.2, 0.25) is 0 Å². The van der Waals surface area contributed by atoms with Crippen molar-refractivity contribution >= 4 is 27.8 Å². The third kappa shape index (κ3) is 4.09. The molecular weight excluding hydrogens is 567 g/mol. The number of hydrogen-bond donors (Lipinski definition) is 0. The van der Waals surface area contributed by atoms with Crippen LogP contribution in [0.5, 0.6) is 0 Å². The molecule has 7 aromatic carbocycles. The fourth-order valence-corrected chi connectivity index (χ4v) is 8.47. The van der Waals surface area contributed by atoms with Gasteiger partial charge >= 0.3 is 0 Å². The summed E-state index contributed by atoms with van der Waals surface area (Å²) in [7, 11) is 0. The maximum absolute atomic E-state index is 2.42. The molecule has 0 bridgehead atoms. The van der Waals surface area contributed by atoms with E-state index in [1.54, 1.807) is 0 Å². The minimum absolute atomic E-state index is 0.0624. The van der Waals surface area contributed by atoms with Gasteiger partial charge in [-0.25, -0.2) is 0 Å².